The van der Waals surface area contributed by atoms with E-state index in [0.29, 0.717) is 44.3 Å². The summed E-state index contributed by atoms with van der Waals surface area (Å²) in [5, 5.41) is 21.1. The number of halogens is 1. The molecule has 3 atom stereocenters. The fourth-order valence-electron chi connectivity index (χ4n) is 4.51. The quantitative estimate of drug-likeness (QED) is 0.102. The monoisotopic (exact) mass is 731 g/mol. The van der Waals surface area contributed by atoms with Gasteiger partial charge in [0.1, 0.15) is 65.9 Å². The highest BCUT2D eigenvalue weighted by Crippen LogP contribution is 2.37. The number of nitrogens with two attached hydrogens (primary N) is 3. The summed E-state index contributed by atoms with van der Waals surface area (Å²) in [5.74, 6) is -0.582. The molecule has 51 heavy (non-hydrogen) atoms. The average Bonchev–Trinajstić information content (AvgIpc) is 3.60. The van der Waals surface area contributed by atoms with E-state index in [-0.39, 0.29) is 42.0 Å². The molecule has 0 aliphatic rings. The molecule has 4 rings (SSSR count). The van der Waals surface area contributed by atoms with Crippen LogP contribution in [-0.2, 0) is 24.8 Å². The summed E-state index contributed by atoms with van der Waals surface area (Å²) in [6.07, 6.45) is 0.539. The molecule has 2 aromatic heterocycles. The summed E-state index contributed by atoms with van der Waals surface area (Å²) in [4.78, 5) is 33.9. The first-order chi connectivity index (χ1) is 24.3. The Bertz CT molecular complexity index is 1920. The molecule has 0 spiro atoms. The summed E-state index contributed by atoms with van der Waals surface area (Å²) >= 11 is 7.21. The Hall–Kier alpha value is -5.12. The van der Waals surface area contributed by atoms with E-state index in [4.69, 9.17) is 47.4 Å². The molecule has 0 saturated heterocycles. The van der Waals surface area contributed by atoms with Crippen molar-refractivity contribution in [2.24, 2.45) is 23.3 Å². The van der Waals surface area contributed by atoms with Crippen LogP contribution in [0, 0.1) is 34.5 Å². The zero-order valence-corrected chi connectivity index (χ0v) is 30.0. The zero-order chi connectivity index (χ0) is 37.2. The van der Waals surface area contributed by atoms with Crippen molar-refractivity contribution in [2.75, 3.05) is 18.9 Å². The minimum Gasteiger partial charge on any atom is -0.490 e. The van der Waals surface area contributed by atoms with E-state index in [2.05, 4.69) is 22.1 Å². The Morgan fingerprint density at radius 2 is 1.49 bits per heavy atom. The van der Waals surface area contributed by atoms with Crippen molar-refractivity contribution in [3.05, 3.63) is 76.6 Å². The van der Waals surface area contributed by atoms with Gasteiger partial charge in [0.15, 0.2) is 6.10 Å². The van der Waals surface area contributed by atoms with E-state index in [1.165, 1.54) is 18.0 Å². The minimum atomic E-state index is -0.979. The molecule has 4 aromatic rings. The standard InChI is InChI=1S/C36H38ClN7O6S/c1-19(2)30(40)35(45)49-17-26(50-36(46)31(41)20(3)4)16-47-25-11-7-21(8-12-25)29-27(13-38)32(42)44-34(28(29)14-39)51-18-24-15-48-33(43-24)22-5-9-23(37)10-6-22/h5-12,15,19-20,26,30-31H,16-18,40-41H2,1-4H3,(H2,42,44)/t26-,30-,31?/m0/s1. The number of ether oxygens (including phenoxy) is 3. The van der Waals surface area contributed by atoms with Crippen LogP contribution in [0.5, 0.6) is 5.75 Å². The van der Waals surface area contributed by atoms with Crippen molar-refractivity contribution in [1.29, 1.82) is 10.5 Å². The number of nitriles is 2. The highest BCUT2D eigenvalue weighted by molar-refractivity contribution is 7.98. The number of benzene rings is 2. The number of anilines is 1. The fraction of sp³-hybridized carbons (Fsp3) is 0.333. The van der Waals surface area contributed by atoms with Gasteiger partial charge in [0.05, 0.1) is 11.3 Å². The third kappa shape index (κ3) is 9.99. The number of nitrogen functional groups attached to an aromatic ring is 1. The Morgan fingerprint density at radius 3 is 2.10 bits per heavy atom. The molecule has 13 nitrogen and oxygen atoms in total. The normalized spacial score (nSPS) is 12.8. The van der Waals surface area contributed by atoms with Crippen molar-refractivity contribution in [3.8, 4) is 40.5 Å². The minimum absolute atomic E-state index is 0.0349. The van der Waals surface area contributed by atoms with Crippen LogP contribution in [0.1, 0.15) is 44.5 Å². The average molecular weight is 732 g/mol. The number of nitrogens with zero attached hydrogens (tertiary/aromatic N) is 4. The third-order valence-corrected chi connectivity index (χ3v) is 8.93. The van der Waals surface area contributed by atoms with E-state index in [1.807, 2.05) is 0 Å². The second kappa shape index (κ2) is 17.7. The summed E-state index contributed by atoms with van der Waals surface area (Å²) in [6, 6.07) is 16.1. The maximum atomic E-state index is 12.6. The molecule has 0 bridgehead atoms. The molecule has 0 saturated carbocycles. The molecule has 6 N–H and O–H groups in total. The molecule has 0 radical (unpaired) electrons. The Labute approximate surface area is 305 Å². The van der Waals surface area contributed by atoms with Gasteiger partial charge in [-0.15, -0.1) is 0 Å². The first-order valence-corrected chi connectivity index (χ1v) is 17.3. The summed E-state index contributed by atoms with van der Waals surface area (Å²) in [5.41, 5.74) is 20.5. The summed E-state index contributed by atoms with van der Waals surface area (Å²) < 4.78 is 22.4. The van der Waals surface area contributed by atoms with E-state index in [1.54, 1.807) is 76.2 Å². The van der Waals surface area contributed by atoms with Gasteiger partial charge in [-0.2, -0.15) is 10.5 Å². The molecule has 15 heteroatoms. The van der Waals surface area contributed by atoms with Gasteiger partial charge in [-0.25, -0.2) is 9.97 Å². The number of carbonyl (C=O) groups is 2. The van der Waals surface area contributed by atoms with Crippen LogP contribution in [0.4, 0.5) is 5.82 Å². The van der Waals surface area contributed by atoms with Crippen molar-refractivity contribution in [2.45, 2.75) is 56.7 Å². The SMILES string of the molecule is CC(C)C(N)C(=O)O[C@H](COC(=O)[C@@H](N)C(C)C)COc1ccc(-c2c(C#N)c(N)nc(SCc3coc(-c4ccc(Cl)cc4)n3)c2C#N)cc1. The topological polar surface area (TPSA) is 226 Å². The lowest BCUT2D eigenvalue weighted by Crippen LogP contribution is -2.43. The predicted octanol–water partition coefficient (Wildman–Crippen LogP) is 5.48. The third-order valence-electron chi connectivity index (χ3n) is 7.67. The number of carbonyl (C=O) groups excluding carboxylic acids is 2. The molecule has 0 amide bonds. The first kappa shape index (κ1) is 38.7. The molecule has 1 unspecified atom stereocenters. The van der Waals surface area contributed by atoms with Crippen LogP contribution in [0.25, 0.3) is 22.6 Å². The number of thioether (sulfide) groups is 1. The summed E-state index contributed by atoms with van der Waals surface area (Å²) in [6.45, 7) is 6.67. The number of esters is 2. The second-order valence-corrected chi connectivity index (χ2v) is 13.6. The van der Waals surface area contributed by atoms with Gasteiger partial charge < -0.3 is 35.8 Å². The number of pyridine rings is 1. The lowest BCUT2D eigenvalue weighted by Gasteiger charge is -2.23. The maximum absolute atomic E-state index is 12.6. The van der Waals surface area contributed by atoms with Crippen molar-refractivity contribution < 1.29 is 28.2 Å². The number of hydrogen-bond acceptors (Lipinski definition) is 14. The lowest BCUT2D eigenvalue weighted by atomic mass is 9.97. The number of rotatable bonds is 15. The highest BCUT2D eigenvalue weighted by atomic mass is 35.5. The van der Waals surface area contributed by atoms with Crippen LogP contribution in [0.15, 0.2) is 64.2 Å². The van der Waals surface area contributed by atoms with E-state index >= 15 is 0 Å². The Morgan fingerprint density at radius 1 is 0.882 bits per heavy atom. The van der Waals surface area contributed by atoms with E-state index in [0.717, 1.165) is 5.56 Å². The fourth-order valence-corrected chi connectivity index (χ4v) is 5.51. The van der Waals surface area contributed by atoms with Gasteiger partial charge in [0.25, 0.3) is 0 Å². The number of oxazole rings is 1. The van der Waals surface area contributed by atoms with Crippen molar-refractivity contribution in [3.63, 3.8) is 0 Å². The van der Waals surface area contributed by atoms with Crippen molar-refractivity contribution in [1.82, 2.24) is 9.97 Å². The van der Waals surface area contributed by atoms with Crippen LogP contribution < -0.4 is 21.9 Å². The van der Waals surface area contributed by atoms with Gasteiger partial charge in [0, 0.05) is 21.9 Å². The highest BCUT2D eigenvalue weighted by Gasteiger charge is 2.27. The van der Waals surface area contributed by atoms with Gasteiger partial charge in [0.2, 0.25) is 5.89 Å². The van der Waals surface area contributed by atoms with Gasteiger partial charge in [-0.1, -0.05) is 63.2 Å². The molecular formula is C36H38ClN7O6S. The van der Waals surface area contributed by atoms with Gasteiger partial charge in [-0.3, -0.25) is 9.59 Å². The van der Waals surface area contributed by atoms with Gasteiger partial charge in [-0.05, 0) is 53.8 Å². The van der Waals surface area contributed by atoms with Gasteiger partial charge >= 0.3 is 11.9 Å². The summed E-state index contributed by atoms with van der Waals surface area (Å²) in [7, 11) is 0. The van der Waals surface area contributed by atoms with Crippen LogP contribution >= 0.6 is 23.4 Å². The smallest absolute Gasteiger partial charge is 0.323 e. The molecule has 0 fully saturated rings. The van der Waals surface area contributed by atoms with Crippen LogP contribution in [0.2, 0.25) is 5.02 Å². The maximum Gasteiger partial charge on any atom is 0.323 e. The molecule has 266 valence electrons. The molecule has 2 aromatic carbocycles. The van der Waals surface area contributed by atoms with E-state index < -0.39 is 30.1 Å². The lowest BCUT2D eigenvalue weighted by molar-refractivity contribution is -0.163. The molecule has 2 heterocycles. The number of aromatic nitrogens is 2. The number of hydrogen-bond donors (Lipinski definition) is 3. The first-order valence-electron chi connectivity index (χ1n) is 15.9. The predicted molar refractivity (Wildman–Crippen MR) is 192 cm³/mol. The zero-order valence-electron chi connectivity index (χ0n) is 28.5. The Balaban J connectivity index is 1.51. The van der Waals surface area contributed by atoms with Crippen LogP contribution in [0.3, 0.4) is 0 Å². The largest absolute Gasteiger partial charge is 0.490 e. The van der Waals surface area contributed by atoms with E-state index in [9.17, 15) is 20.1 Å². The van der Waals surface area contributed by atoms with Crippen molar-refractivity contribution >= 4 is 41.1 Å². The molecule has 0 aliphatic heterocycles. The molecule has 0 aliphatic carbocycles. The van der Waals surface area contributed by atoms with Crippen LogP contribution in [-0.4, -0.2) is 53.3 Å². The Kier molecular flexibility index (Phi) is 13.4. The molecular weight excluding hydrogens is 694 g/mol. The second-order valence-electron chi connectivity index (χ2n) is 12.2.